The van der Waals surface area contributed by atoms with Gasteiger partial charge in [0.05, 0.1) is 25.7 Å². The van der Waals surface area contributed by atoms with Crippen LogP contribution in [0.25, 0.3) is 22.3 Å². The van der Waals surface area contributed by atoms with E-state index in [4.69, 9.17) is 39.4 Å². The van der Waals surface area contributed by atoms with Crippen LogP contribution in [0.5, 0.6) is 0 Å². The summed E-state index contributed by atoms with van der Waals surface area (Å²) in [5.74, 6) is 3.61. The molecule has 0 spiro atoms. The van der Waals surface area contributed by atoms with Gasteiger partial charge in [-0.05, 0) is 114 Å². The molecular formula is C48H70N26O4. The van der Waals surface area contributed by atoms with Crippen LogP contribution in [0.3, 0.4) is 0 Å². The Morgan fingerprint density at radius 1 is 0.551 bits per heavy atom. The summed E-state index contributed by atoms with van der Waals surface area (Å²) in [5.41, 5.74) is 2.67. The lowest BCUT2D eigenvalue weighted by molar-refractivity contribution is -0.00112. The number of amides is 4. The van der Waals surface area contributed by atoms with E-state index < -0.39 is 0 Å². The molecule has 6 aromatic heterocycles. The first-order valence-corrected chi connectivity index (χ1v) is 28.2. The third-order valence-electron chi connectivity index (χ3n) is 16.3. The highest BCUT2D eigenvalue weighted by atomic mass is 16.5. The van der Waals surface area contributed by atoms with E-state index in [1.807, 2.05) is 23.0 Å². The third-order valence-corrected chi connectivity index (χ3v) is 16.3. The molecule has 1 saturated carbocycles. The van der Waals surface area contributed by atoms with Crippen molar-refractivity contribution < 1.29 is 19.1 Å². The molecule has 78 heavy (non-hydrogen) atoms. The molecule has 2 unspecified atom stereocenters. The number of aromatic nitrogens is 16. The van der Waals surface area contributed by atoms with Crippen LogP contribution in [0.2, 0.25) is 0 Å². The Bertz CT molecular complexity index is 2860. The van der Waals surface area contributed by atoms with E-state index in [1.165, 1.54) is 0 Å². The molecular weight excluding hydrogens is 1000 g/mol. The zero-order valence-electron chi connectivity index (χ0n) is 44.2. The van der Waals surface area contributed by atoms with Crippen LogP contribution in [0.15, 0.2) is 12.7 Å². The summed E-state index contributed by atoms with van der Waals surface area (Å²) in [6.45, 7) is 11.1. The summed E-state index contributed by atoms with van der Waals surface area (Å²) >= 11 is 0. The molecule has 0 bridgehead atoms. The number of nitrogens with one attached hydrogen (secondary N) is 8. The van der Waals surface area contributed by atoms with E-state index in [1.54, 1.807) is 22.2 Å². The second kappa shape index (κ2) is 21.9. The number of rotatable bonds is 16. The van der Waals surface area contributed by atoms with Gasteiger partial charge in [-0.25, -0.2) is 19.6 Å². The fourth-order valence-electron chi connectivity index (χ4n) is 12.1. The molecule has 30 nitrogen and oxygen atoms in total. The first-order chi connectivity index (χ1) is 38.2. The number of ether oxygens (including phenoxy) is 2. The van der Waals surface area contributed by atoms with E-state index in [2.05, 4.69) is 83.2 Å². The average Bonchev–Trinajstić information content (AvgIpc) is 4.42. The van der Waals surface area contributed by atoms with Crippen molar-refractivity contribution in [1.82, 2.24) is 111 Å². The quantitative estimate of drug-likeness (QED) is 0.0679. The van der Waals surface area contributed by atoms with E-state index in [0.29, 0.717) is 96.8 Å². The van der Waals surface area contributed by atoms with Crippen molar-refractivity contribution in [3.63, 3.8) is 0 Å². The van der Waals surface area contributed by atoms with Crippen LogP contribution in [0, 0.1) is 0 Å². The first-order valence-electron chi connectivity index (χ1n) is 28.2. The van der Waals surface area contributed by atoms with Gasteiger partial charge in [0, 0.05) is 75.5 Å². The van der Waals surface area contributed by atoms with E-state index in [9.17, 15) is 9.59 Å². The standard InChI is InChI=1S/C48H70N26O4/c1-3-73-65-39(63-67-73)33-9-11-35(77-33)71-25-51-37-41(59-45(61-43(37)71)69-19-15-31(23-69)57-47(75)55-29-13-17-49-21-29)53-27-5-7-28(8-6-27)54-42-38-44(72(26-52-38)36-12-10-34(78-36)40-64-68-74(4-2)66-40)62-46(60-42)70-20-16-32(24-70)58-48(76)56-30-14-18-50-22-30/h25-36,49-50H,3-24H2,1-2H3,(H,53,59,61)(H,54,60,62)(H2,55,57,75)(H2,56,58,76)/t27?,28?,29?,30?,31-,32-,33+,34+,35-,36-/m1/s1. The van der Waals surface area contributed by atoms with Crippen molar-refractivity contribution in [1.29, 1.82) is 0 Å². The Morgan fingerprint density at radius 3 is 1.41 bits per heavy atom. The highest BCUT2D eigenvalue weighted by molar-refractivity contribution is 5.86. The molecule has 7 fully saturated rings. The maximum atomic E-state index is 13.0. The van der Waals surface area contributed by atoms with Crippen molar-refractivity contribution in [3.8, 4) is 0 Å². The molecule has 8 atom stereocenters. The van der Waals surface area contributed by atoms with Crippen molar-refractivity contribution in [3.05, 3.63) is 24.3 Å². The number of carbonyl (C=O) groups is 2. The molecule has 416 valence electrons. The Kier molecular flexibility index (Phi) is 14.1. The predicted molar refractivity (Wildman–Crippen MR) is 282 cm³/mol. The maximum absolute atomic E-state index is 13.0. The molecule has 4 amide bonds. The fraction of sp³-hybridized carbons (Fsp3) is 0.708. The molecule has 8 N–H and O–H groups in total. The molecule has 1 aliphatic carbocycles. The number of carbonyl (C=O) groups excluding carboxylic acids is 2. The van der Waals surface area contributed by atoms with Gasteiger partial charge in [0.2, 0.25) is 23.5 Å². The molecule has 13 rings (SSSR count). The second-order valence-corrected chi connectivity index (χ2v) is 21.7. The predicted octanol–water partition coefficient (Wildman–Crippen LogP) is 1.39. The number of nitrogens with zero attached hydrogens (tertiary/aromatic N) is 18. The molecule has 6 aliphatic heterocycles. The van der Waals surface area contributed by atoms with Gasteiger partial charge in [-0.3, -0.25) is 9.13 Å². The normalized spacial score (nSPS) is 28.3. The summed E-state index contributed by atoms with van der Waals surface area (Å²) in [6.07, 6.45) is 12.0. The SMILES string of the molecule is CCn1nnc([C@@H]2CC[C@H](n3cnc4c(NC5CCC(Nc6nc(N7CC[C@@H](NC(=O)NC8CCNC8)C7)nc7c6ncn7[C@H]6CC[C@@H](c7nnn(CC)n7)O6)CC5)nc(N5CC[C@@H](NC(=O)NC6CCNC6)C5)nc43)O2)n1. The van der Waals surface area contributed by atoms with Crippen molar-refractivity contribution in [2.45, 2.75) is 165 Å². The molecule has 30 heteroatoms. The lowest BCUT2D eigenvalue weighted by Crippen LogP contribution is -2.47. The van der Waals surface area contributed by atoms with Crippen LogP contribution in [0.1, 0.15) is 127 Å². The van der Waals surface area contributed by atoms with Gasteiger partial charge in [0.15, 0.2) is 34.0 Å². The lowest BCUT2D eigenvalue weighted by atomic mass is 9.91. The summed E-state index contributed by atoms with van der Waals surface area (Å²) in [6, 6.07) is 0.0315. The second-order valence-electron chi connectivity index (χ2n) is 21.7. The van der Waals surface area contributed by atoms with Crippen molar-refractivity contribution >= 4 is 57.9 Å². The minimum Gasteiger partial charge on any atom is -0.365 e. The summed E-state index contributed by atoms with van der Waals surface area (Å²) in [4.78, 5) is 64.0. The van der Waals surface area contributed by atoms with Gasteiger partial charge in [0.1, 0.15) is 24.7 Å². The molecule has 0 aromatic carbocycles. The van der Waals surface area contributed by atoms with E-state index in [-0.39, 0.29) is 73.0 Å². The van der Waals surface area contributed by atoms with Crippen LogP contribution >= 0.6 is 0 Å². The highest BCUT2D eigenvalue weighted by Crippen LogP contribution is 2.41. The topological polar surface area (TPSA) is 330 Å². The van der Waals surface area contributed by atoms with E-state index >= 15 is 0 Å². The Labute approximate surface area is 449 Å². The molecule has 6 saturated heterocycles. The number of imidazole rings is 2. The molecule has 6 aromatic rings. The minimum absolute atomic E-state index is 0.0611. The van der Waals surface area contributed by atoms with Gasteiger partial charge < -0.3 is 61.8 Å². The number of fused-ring (bicyclic) bond motifs is 2. The minimum atomic E-state index is -0.337. The first kappa shape index (κ1) is 50.3. The summed E-state index contributed by atoms with van der Waals surface area (Å²) in [5, 5.41) is 52.8. The highest BCUT2D eigenvalue weighted by Gasteiger charge is 2.37. The largest absolute Gasteiger partial charge is 0.365 e. The van der Waals surface area contributed by atoms with E-state index in [0.717, 1.165) is 103 Å². The summed E-state index contributed by atoms with van der Waals surface area (Å²) in [7, 11) is 0. The van der Waals surface area contributed by atoms with Gasteiger partial charge in [0.25, 0.3) is 0 Å². The number of urea groups is 2. The zero-order valence-corrected chi connectivity index (χ0v) is 44.2. The Morgan fingerprint density at radius 2 is 1.00 bits per heavy atom. The number of hydrogen-bond acceptors (Lipinski definition) is 22. The van der Waals surface area contributed by atoms with Crippen LogP contribution in [-0.4, -0.2) is 180 Å². The van der Waals surface area contributed by atoms with Crippen molar-refractivity contribution in [2.24, 2.45) is 0 Å². The third kappa shape index (κ3) is 10.6. The lowest BCUT2D eigenvalue weighted by Gasteiger charge is -2.31. The van der Waals surface area contributed by atoms with Crippen LogP contribution < -0.4 is 52.3 Å². The zero-order chi connectivity index (χ0) is 52.7. The number of anilines is 4. The number of aryl methyl sites for hydroxylation is 2. The fourth-order valence-corrected chi connectivity index (χ4v) is 12.1. The molecule has 12 heterocycles. The number of tetrazole rings is 2. The Balaban J connectivity index is 0.720. The van der Waals surface area contributed by atoms with Gasteiger partial charge in [-0.15, -0.1) is 20.4 Å². The van der Waals surface area contributed by atoms with Gasteiger partial charge >= 0.3 is 12.1 Å². The van der Waals surface area contributed by atoms with Crippen LogP contribution in [-0.2, 0) is 22.6 Å². The smallest absolute Gasteiger partial charge is 0.315 e. The molecule has 0 radical (unpaired) electrons. The monoisotopic (exact) mass is 1070 g/mol. The summed E-state index contributed by atoms with van der Waals surface area (Å²) < 4.78 is 17.2. The molecule has 7 aliphatic rings. The van der Waals surface area contributed by atoms with Gasteiger partial charge in [-0.1, -0.05) is 0 Å². The number of hydrogen-bond donors (Lipinski definition) is 8. The maximum Gasteiger partial charge on any atom is 0.315 e. The van der Waals surface area contributed by atoms with Crippen LogP contribution in [0.4, 0.5) is 33.1 Å². The average molecular weight is 1080 g/mol. The Hall–Kier alpha value is -7.18. The van der Waals surface area contributed by atoms with Gasteiger partial charge in [-0.2, -0.15) is 29.5 Å². The van der Waals surface area contributed by atoms with Crippen molar-refractivity contribution in [2.75, 3.05) is 72.8 Å².